The van der Waals surface area contributed by atoms with Crippen LogP contribution in [0.2, 0.25) is 0 Å². The third-order valence-corrected chi connectivity index (χ3v) is 5.90. The summed E-state index contributed by atoms with van der Waals surface area (Å²) in [4.78, 5) is 17.4. The molecule has 0 aliphatic carbocycles. The summed E-state index contributed by atoms with van der Waals surface area (Å²) in [7, 11) is 1.84. The molecule has 1 aromatic heterocycles. The van der Waals surface area contributed by atoms with Crippen LogP contribution in [0, 0.1) is 13.8 Å². The molecule has 0 saturated carbocycles. The Morgan fingerprint density at radius 1 is 1.13 bits per heavy atom. The summed E-state index contributed by atoms with van der Waals surface area (Å²) in [5, 5.41) is 4.64. The van der Waals surface area contributed by atoms with Gasteiger partial charge in [-0.3, -0.25) is 9.48 Å². The number of nitrogens with zero attached hydrogens (tertiary/aromatic N) is 4. The molecule has 4 rings (SSSR count). The van der Waals surface area contributed by atoms with Gasteiger partial charge in [-0.1, -0.05) is 42.5 Å². The molecule has 2 aromatic carbocycles. The molecule has 1 aliphatic rings. The van der Waals surface area contributed by atoms with Crippen molar-refractivity contribution >= 4 is 11.6 Å². The lowest BCUT2D eigenvalue weighted by Gasteiger charge is -2.37. The maximum atomic E-state index is 13.3. The van der Waals surface area contributed by atoms with Crippen LogP contribution >= 0.6 is 0 Å². The maximum absolute atomic E-state index is 13.3. The third kappa shape index (κ3) is 4.29. The molecule has 0 radical (unpaired) electrons. The van der Waals surface area contributed by atoms with Crippen LogP contribution in [0.1, 0.15) is 34.2 Å². The van der Waals surface area contributed by atoms with E-state index in [0.717, 1.165) is 41.5 Å². The number of aryl methyl sites for hydroxylation is 1. The van der Waals surface area contributed by atoms with Gasteiger partial charge in [-0.2, -0.15) is 5.10 Å². The average molecular weight is 419 g/mol. The Morgan fingerprint density at radius 2 is 1.84 bits per heavy atom. The van der Waals surface area contributed by atoms with Crippen molar-refractivity contribution in [1.29, 1.82) is 0 Å². The van der Waals surface area contributed by atoms with Gasteiger partial charge in [-0.05, 0) is 38.5 Å². The minimum absolute atomic E-state index is 0.0141. The first-order valence-corrected chi connectivity index (χ1v) is 10.8. The van der Waals surface area contributed by atoms with Crippen LogP contribution < -0.4 is 9.64 Å². The number of anilines is 1. The topological polar surface area (TPSA) is 50.6 Å². The van der Waals surface area contributed by atoms with Crippen molar-refractivity contribution in [2.45, 2.75) is 33.4 Å². The summed E-state index contributed by atoms with van der Waals surface area (Å²) in [6.07, 6.45) is -0.0798. The third-order valence-electron chi connectivity index (χ3n) is 5.90. The standard InChI is InChI=1S/C25H30N4O2/c1-5-28-17-21(31-23-14-10-9-13-22(23)28)16-27(4)25(30)24-18(2)26-29(19(24)3)15-20-11-7-6-8-12-20/h6-14,21H,5,15-17H2,1-4H3. The van der Waals surface area contributed by atoms with Crippen molar-refractivity contribution in [3.8, 4) is 5.75 Å². The molecule has 1 amide bonds. The smallest absolute Gasteiger partial charge is 0.257 e. The van der Waals surface area contributed by atoms with Gasteiger partial charge in [0, 0.05) is 19.3 Å². The van der Waals surface area contributed by atoms with E-state index >= 15 is 0 Å². The summed E-state index contributed by atoms with van der Waals surface area (Å²) in [5.41, 5.74) is 4.61. The summed E-state index contributed by atoms with van der Waals surface area (Å²) < 4.78 is 8.12. The van der Waals surface area contributed by atoms with E-state index in [0.29, 0.717) is 18.7 Å². The number of aromatic nitrogens is 2. The SMILES string of the molecule is CCN1CC(CN(C)C(=O)c2c(C)nn(Cc3ccccc3)c2C)Oc2ccccc21. The number of carbonyl (C=O) groups is 1. The predicted octanol–water partition coefficient (Wildman–Crippen LogP) is 3.91. The van der Waals surface area contributed by atoms with E-state index < -0.39 is 0 Å². The summed E-state index contributed by atoms with van der Waals surface area (Å²) >= 11 is 0. The van der Waals surface area contributed by atoms with E-state index in [-0.39, 0.29) is 12.0 Å². The molecule has 0 spiro atoms. The van der Waals surface area contributed by atoms with E-state index in [1.807, 2.05) is 62.0 Å². The van der Waals surface area contributed by atoms with Gasteiger partial charge in [0.2, 0.25) is 0 Å². The van der Waals surface area contributed by atoms with Crippen molar-refractivity contribution in [3.05, 3.63) is 77.1 Å². The lowest BCUT2D eigenvalue weighted by molar-refractivity contribution is 0.0708. The second-order valence-corrected chi connectivity index (χ2v) is 8.12. The zero-order chi connectivity index (χ0) is 22.0. The molecule has 0 saturated heterocycles. The van der Waals surface area contributed by atoms with Crippen molar-refractivity contribution in [3.63, 3.8) is 0 Å². The molecule has 0 N–H and O–H groups in total. The van der Waals surface area contributed by atoms with Crippen LogP contribution in [0.5, 0.6) is 5.75 Å². The van der Waals surface area contributed by atoms with Gasteiger partial charge in [0.25, 0.3) is 5.91 Å². The fraction of sp³-hybridized carbons (Fsp3) is 0.360. The van der Waals surface area contributed by atoms with E-state index in [2.05, 4.69) is 35.1 Å². The fourth-order valence-electron chi connectivity index (χ4n) is 4.27. The van der Waals surface area contributed by atoms with Crippen molar-refractivity contribution in [2.75, 3.05) is 31.6 Å². The number of rotatable bonds is 6. The van der Waals surface area contributed by atoms with Crippen LogP contribution in [-0.4, -0.2) is 53.4 Å². The quantitative estimate of drug-likeness (QED) is 0.609. The Bertz CT molecular complexity index is 1060. The molecular weight excluding hydrogens is 388 g/mol. The number of amides is 1. The molecule has 2 heterocycles. The highest BCUT2D eigenvalue weighted by atomic mass is 16.5. The number of ether oxygens (including phenoxy) is 1. The van der Waals surface area contributed by atoms with Gasteiger partial charge < -0.3 is 14.5 Å². The number of likely N-dealkylation sites (N-methyl/N-ethyl adjacent to an activating group) is 2. The first kappa shape index (κ1) is 21.0. The molecule has 0 fully saturated rings. The van der Waals surface area contributed by atoms with Crippen molar-refractivity contribution in [2.24, 2.45) is 0 Å². The van der Waals surface area contributed by atoms with Crippen molar-refractivity contribution in [1.82, 2.24) is 14.7 Å². The maximum Gasteiger partial charge on any atom is 0.257 e. The normalized spacial score (nSPS) is 15.4. The highest BCUT2D eigenvalue weighted by Gasteiger charge is 2.28. The zero-order valence-corrected chi connectivity index (χ0v) is 18.7. The molecule has 3 aromatic rings. The molecule has 162 valence electrons. The van der Waals surface area contributed by atoms with Gasteiger partial charge in [-0.25, -0.2) is 0 Å². The highest BCUT2D eigenvalue weighted by Crippen LogP contribution is 2.33. The molecule has 31 heavy (non-hydrogen) atoms. The summed E-state index contributed by atoms with van der Waals surface area (Å²) in [6.45, 7) is 8.85. The second-order valence-electron chi connectivity index (χ2n) is 8.12. The highest BCUT2D eigenvalue weighted by molar-refractivity contribution is 5.96. The Balaban J connectivity index is 1.49. The van der Waals surface area contributed by atoms with E-state index in [4.69, 9.17) is 4.74 Å². The molecular formula is C25H30N4O2. The van der Waals surface area contributed by atoms with E-state index in [1.165, 1.54) is 0 Å². The number of para-hydroxylation sites is 2. The molecule has 1 unspecified atom stereocenters. The van der Waals surface area contributed by atoms with Crippen LogP contribution in [0.4, 0.5) is 5.69 Å². The molecule has 6 heteroatoms. The van der Waals surface area contributed by atoms with Gasteiger partial charge in [0.05, 0.1) is 36.6 Å². The number of fused-ring (bicyclic) bond motifs is 1. The summed E-state index contributed by atoms with van der Waals surface area (Å²) in [5.74, 6) is 0.865. The number of hydrogen-bond donors (Lipinski definition) is 0. The number of hydrogen-bond acceptors (Lipinski definition) is 4. The average Bonchev–Trinajstić information content (AvgIpc) is 3.05. The van der Waals surface area contributed by atoms with Crippen LogP contribution in [-0.2, 0) is 6.54 Å². The largest absolute Gasteiger partial charge is 0.485 e. The molecule has 1 atom stereocenters. The minimum Gasteiger partial charge on any atom is -0.485 e. The lowest BCUT2D eigenvalue weighted by Crippen LogP contribution is -2.47. The first-order valence-electron chi connectivity index (χ1n) is 10.8. The predicted molar refractivity (Wildman–Crippen MR) is 123 cm³/mol. The van der Waals surface area contributed by atoms with Gasteiger partial charge in [0.1, 0.15) is 11.9 Å². The van der Waals surface area contributed by atoms with Crippen LogP contribution in [0.15, 0.2) is 54.6 Å². The molecule has 0 bridgehead atoms. The Hall–Kier alpha value is -3.28. The van der Waals surface area contributed by atoms with Gasteiger partial charge in [0.15, 0.2) is 0 Å². The van der Waals surface area contributed by atoms with Gasteiger partial charge >= 0.3 is 0 Å². The number of benzene rings is 2. The van der Waals surface area contributed by atoms with Crippen LogP contribution in [0.3, 0.4) is 0 Å². The molecule has 6 nitrogen and oxygen atoms in total. The zero-order valence-electron chi connectivity index (χ0n) is 18.7. The molecule has 1 aliphatic heterocycles. The minimum atomic E-state index is -0.0798. The Labute approximate surface area is 184 Å². The monoisotopic (exact) mass is 418 g/mol. The second kappa shape index (κ2) is 8.84. The Kier molecular flexibility index (Phi) is 5.98. The summed E-state index contributed by atoms with van der Waals surface area (Å²) in [6, 6.07) is 18.3. The van der Waals surface area contributed by atoms with E-state index in [9.17, 15) is 4.79 Å². The Morgan fingerprint density at radius 3 is 2.58 bits per heavy atom. The lowest BCUT2D eigenvalue weighted by atomic mass is 10.1. The number of carbonyl (C=O) groups excluding carboxylic acids is 1. The van der Waals surface area contributed by atoms with E-state index in [1.54, 1.807) is 4.90 Å². The van der Waals surface area contributed by atoms with Gasteiger partial charge in [-0.15, -0.1) is 0 Å². The van der Waals surface area contributed by atoms with Crippen molar-refractivity contribution < 1.29 is 9.53 Å². The first-order chi connectivity index (χ1) is 15.0. The van der Waals surface area contributed by atoms with Crippen LogP contribution in [0.25, 0.3) is 0 Å². The fourth-order valence-corrected chi connectivity index (χ4v) is 4.27.